The van der Waals surface area contributed by atoms with Crippen LogP contribution in [0.5, 0.6) is 0 Å². The molecule has 2 N–H and O–H groups in total. The zero-order valence-corrected chi connectivity index (χ0v) is 56.5. The van der Waals surface area contributed by atoms with Gasteiger partial charge in [-0.15, -0.1) is 0 Å². The molecular weight excluding hydrogens is 1040 g/mol. The molecule has 83 heavy (non-hydrogen) atoms. The molecular formula is C74H139N2O6P. The normalized spacial score (nSPS) is 14.1. The number of nitrogens with one attached hydrogen (secondary N) is 1. The smallest absolute Gasteiger partial charge is 0.268 e. The van der Waals surface area contributed by atoms with Crippen LogP contribution < -0.4 is 10.2 Å². The van der Waals surface area contributed by atoms with Gasteiger partial charge in [0.1, 0.15) is 13.2 Å². The summed E-state index contributed by atoms with van der Waals surface area (Å²) < 4.78 is 23.4. The zero-order valence-electron chi connectivity index (χ0n) is 55.6. The van der Waals surface area contributed by atoms with Gasteiger partial charge in [-0.2, -0.15) is 0 Å². The lowest BCUT2D eigenvalue weighted by Gasteiger charge is -2.29. The Kier molecular flexibility index (Phi) is 62.8. The molecule has 0 rings (SSSR count). The van der Waals surface area contributed by atoms with E-state index in [1.54, 1.807) is 6.08 Å². The second-order valence-corrected chi connectivity index (χ2v) is 27.0. The number of phosphoric acid groups is 1. The van der Waals surface area contributed by atoms with E-state index in [2.05, 4.69) is 79.9 Å². The van der Waals surface area contributed by atoms with Crippen molar-refractivity contribution >= 4 is 13.7 Å². The molecule has 486 valence electrons. The van der Waals surface area contributed by atoms with Gasteiger partial charge < -0.3 is 28.8 Å². The molecule has 0 fully saturated rings. The van der Waals surface area contributed by atoms with Crippen molar-refractivity contribution in [2.24, 2.45) is 0 Å². The van der Waals surface area contributed by atoms with Crippen molar-refractivity contribution in [1.82, 2.24) is 5.32 Å². The molecule has 0 aliphatic carbocycles. The van der Waals surface area contributed by atoms with Gasteiger partial charge in [-0.05, 0) is 83.5 Å². The van der Waals surface area contributed by atoms with E-state index in [-0.39, 0.29) is 12.5 Å². The lowest BCUT2D eigenvalue weighted by molar-refractivity contribution is -0.870. The highest BCUT2D eigenvalue weighted by atomic mass is 31.2. The maximum atomic E-state index is 13.0. The van der Waals surface area contributed by atoms with Gasteiger partial charge in [0.2, 0.25) is 5.91 Å². The second kappa shape index (κ2) is 64.4. The lowest BCUT2D eigenvalue weighted by atomic mass is 10.0. The van der Waals surface area contributed by atoms with Gasteiger partial charge in [0, 0.05) is 6.42 Å². The van der Waals surface area contributed by atoms with Crippen LogP contribution in [0.3, 0.4) is 0 Å². The van der Waals surface area contributed by atoms with Crippen LogP contribution in [0.2, 0.25) is 0 Å². The molecule has 0 saturated heterocycles. The Morgan fingerprint density at radius 1 is 0.422 bits per heavy atom. The number of quaternary nitrogens is 1. The number of carbonyl (C=O) groups excluding carboxylic acids is 1. The first-order chi connectivity index (χ1) is 40.5. The van der Waals surface area contributed by atoms with Crippen LogP contribution in [0.25, 0.3) is 0 Å². The molecule has 0 saturated carbocycles. The summed E-state index contributed by atoms with van der Waals surface area (Å²) in [6, 6.07) is -0.915. The number of hydrogen-bond acceptors (Lipinski definition) is 6. The van der Waals surface area contributed by atoms with E-state index in [9.17, 15) is 19.4 Å². The second-order valence-electron chi connectivity index (χ2n) is 25.6. The minimum Gasteiger partial charge on any atom is -0.756 e. The van der Waals surface area contributed by atoms with Gasteiger partial charge in [-0.1, -0.05) is 324 Å². The molecule has 0 aromatic rings. The van der Waals surface area contributed by atoms with Crippen molar-refractivity contribution in [3.05, 3.63) is 72.9 Å². The molecule has 0 radical (unpaired) electrons. The van der Waals surface area contributed by atoms with Crippen LogP contribution >= 0.6 is 7.82 Å². The Hall–Kier alpha value is -2.06. The van der Waals surface area contributed by atoms with E-state index in [0.29, 0.717) is 17.4 Å². The first-order valence-electron chi connectivity index (χ1n) is 35.8. The number of unbranched alkanes of at least 4 members (excludes halogenated alkanes) is 43. The third-order valence-corrected chi connectivity index (χ3v) is 17.1. The number of hydrogen-bond donors (Lipinski definition) is 2. The Labute approximate surface area is 516 Å². The third kappa shape index (κ3) is 67.3. The highest BCUT2D eigenvalue weighted by Crippen LogP contribution is 2.38. The predicted octanol–water partition coefficient (Wildman–Crippen LogP) is 22.3. The van der Waals surface area contributed by atoms with Crippen molar-refractivity contribution in [3.8, 4) is 0 Å². The van der Waals surface area contributed by atoms with Crippen molar-refractivity contribution in [2.45, 2.75) is 353 Å². The van der Waals surface area contributed by atoms with Crippen LogP contribution in [-0.4, -0.2) is 68.5 Å². The van der Waals surface area contributed by atoms with Crippen molar-refractivity contribution in [3.63, 3.8) is 0 Å². The fourth-order valence-corrected chi connectivity index (χ4v) is 11.3. The number of carbonyl (C=O) groups is 1. The Balaban J connectivity index is 4.13. The monoisotopic (exact) mass is 1180 g/mol. The molecule has 0 bridgehead atoms. The summed E-state index contributed by atoms with van der Waals surface area (Å²) in [7, 11) is 1.24. The van der Waals surface area contributed by atoms with Gasteiger partial charge in [0.05, 0.1) is 39.9 Å². The Morgan fingerprint density at radius 3 is 1.06 bits per heavy atom. The molecule has 9 heteroatoms. The number of rotatable bonds is 66. The predicted molar refractivity (Wildman–Crippen MR) is 362 cm³/mol. The number of aliphatic hydroxyl groups is 1. The number of aliphatic hydroxyl groups excluding tert-OH is 1. The molecule has 0 spiro atoms. The summed E-state index contributed by atoms with van der Waals surface area (Å²) in [5, 5.41) is 13.9. The van der Waals surface area contributed by atoms with Crippen molar-refractivity contribution in [1.29, 1.82) is 0 Å². The van der Waals surface area contributed by atoms with Gasteiger partial charge in [-0.3, -0.25) is 9.36 Å². The van der Waals surface area contributed by atoms with Crippen molar-refractivity contribution in [2.75, 3.05) is 40.9 Å². The maximum absolute atomic E-state index is 13.0. The summed E-state index contributed by atoms with van der Waals surface area (Å²) in [4.78, 5) is 25.6. The lowest BCUT2D eigenvalue weighted by Crippen LogP contribution is -2.45. The summed E-state index contributed by atoms with van der Waals surface area (Å²) in [5.74, 6) is -0.210. The minimum atomic E-state index is -4.62. The fraction of sp³-hybridized carbons (Fsp3) is 0.824. The Bertz CT molecular complexity index is 1580. The molecule has 8 nitrogen and oxygen atoms in total. The number of amides is 1. The molecule has 1 amide bonds. The molecule has 3 atom stereocenters. The van der Waals surface area contributed by atoms with Crippen LogP contribution in [0, 0.1) is 0 Å². The molecule has 0 aromatic heterocycles. The highest BCUT2D eigenvalue weighted by molar-refractivity contribution is 7.45. The van der Waals surface area contributed by atoms with Crippen LogP contribution in [0.4, 0.5) is 0 Å². The average Bonchev–Trinajstić information content (AvgIpc) is 3.50. The minimum absolute atomic E-state index is 0.0108. The summed E-state index contributed by atoms with van der Waals surface area (Å²) in [5.41, 5.74) is 0. The van der Waals surface area contributed by atoms with E-state index < -0.39 is 26.6 Å². The van der Waals surface area contributed by atoms with Crippen LogP contribution in [0.15, 0.2) is 72.9 Å². The number of nitrogens with zero attached hydrogens (tertiary/aromatic N) is 1. The fourth-order valence-electron chi connectivity index (χ4n) is 10.5. The molecule has 3 unspecified atom stereocenters. The van der Waals surface area contributed by atoms with Gasteiger partial charge in [0.25, 0.3) is 7.82 Å². The van der Waals surface area contributed by atoms with Crippen LogP contribution in [-0.2, 0) is 18.4 Å². The van der Waals surface area contributed by atoms with E-state index in [1.807, 2.05) is 27.2 Å². The Morgan fingerprint density at radius 2 is 0.711 bits per heavy atom. The van der Waals surface area contributed by atoms with E-state index in [0.717, 1.165) is 57.8 Å². The van der Waals surface area contributed by atoms with E-state index in [1.165, 1.54) is 263 Å². The highest BCUT2D eigenvalue weighted by Gasteiger charge is 2.23. The maximum Gasteiger partial charge on any atom is 0.268 e. The van der Waals surface area contributed by atoms with E-state index in [4.69, 9.17) is 9.05 Å². The molecule has 0 aromatic carbocycles. The van der Waals surface area contributed by atoms with Gasteiger partial charge in [-0.25, -0.2) is 0 Å². The summed E-state index contributed by atoms with van der Waals surface area (Å²) in [6.45, 7) is 4.65. The SMILES string of the molecule is CCCCCCC/C=C\C/C=C\C/C=C\CCCCCCCCCCCCCCCCC(=O)NC(COP(=O)([O-])OCC[N+](C)(C)C)C(O)/C=C/CC/C=C/CC/C=C/CCCCCCCCCCCCCCCCCCCCCCCC. The summed E-state index contributed by atoms with van der Waals surface area (Å²) >= 11 is 0. The zero-order chi connectivity index (χ0) is 60.5. The molecule has 0 heterocycles. The third-order valence-electron chi connectivity index (χ3n) is 16.1. The van der Waals surface area contributed by atoms with Gasteiger partial charge in [0.15, 0.2) is 0 Å². The summed E-state index contributed by atoms with van der Waals surface area (Å²) in [6.07, 6.45) is 90.4. The first-order valence-corrected chi connectivity index (χ1v) is 37.3. The topological polar surface area (TPSA) is 108 Å². The number of allylic oxidation sites excluding steroid dienone is 11. The molecule has 0 aliphatic rings. The standard InChI is InChI=1S/C74H139N2O6P/c1-6-8-10-12-14-16-18-20-22-24-26-28-30-32-34-36-37-38-40-41-43-45-47-49-51-53-55-57-59-61-63-65-67-73(77)72(71-82-83(79,80)81-70-69-76(3,4)5)75-74(78)68-66-64-62-60-58-56-54-52-50-48-46-44-42-39-35-33-31-29-27-25-23-21-19-17-15-13-11-9-7-2/h19,21,25,27,31,33,49,51,57,59,65,67,72-73,77H,6-18,20,22-24,26,28-30,32,34-48,50,52-56,58,60-64,66,68-71H2,1-5H3,(H-,75,78,79,80)/b21-19-,27-25-,33-31-,51-49+,59-57+,67-65+. The van der Waals surface area contributed by atoms with Crippen LogP contribution in [0.1, 0.15) is 341 Å². The van der Waals surface area contributed by atoms with Gasteiger partial charge >= 0.3 is 0 Å². The largest absolute Gasteiger partial charge is 0.756 e. The number of likely N-dealkylation sites (N-methyl/N-ethyl adjacent to an activating group) is 1. The average molecular weight is 1180 g/mol. The number of phosphoric ester groups is 1. The van der Waals surface area contributed by atoms with Crippen molar-refractivity contribution < 1.29 is 32.9 Å². The molecule has 0 aliphatic heterocycles. The quantitative estimate of drug-likeness (QED) is 0.0272. The van der Waals surface area contributed by atoms with E-state index >= 15 is 0 Å². The first kappa shape index (κ1) is 80.9.